The van der Waals surface area contributed by atoms with E-state index in [1.807, 2.05) is 0 Å². The number of hydrogen-bond acceptors (Lipinski definition) is 1. The first-order chi connectivity index (χ1) is 40.0. The maximum atomic E-state index is 10.2. The van der Waals surface area contributed by atoms with Gasteiger partial charge in [-0.25, -0.2) is 0 Å². The molecule has 0 bridgehead atoms. The molecule has 8 aromatic rings. The highest BCUT2D eigenvalue weighted by Gasteiger charge is 2.36. The predicted molar refractivity (Wildman–Crippen MR) is 213 cm³/mol. The molecule has 0 spiro atoms. The van der Waals surface area contributed by atoms with E-state index < -0.39 is 290 Å². The van der Waals surface area contributed by atoms with Gasteiger partial charge in [-0.1, -0.05) is 165 Å². The Bertz CT molecular complexity index is 4370. The summed E-state index contributed by atoms with van der Waals surface area (Å²) in [5.41, 5.74) is -20.2. The molecule has 0 saturated carbocycles. The number of benzene rings is 8. The van der Waals surface area contributed by atoms with Crippen LogP contribution in [0.3, 0.4) is 0 Å². The summed E-state index contributed by atoms with van der Waals surface area (Å²) in [5, 5.41) is -2.00. The van der Waals surface area contributed by atoms with E-state index >= 15 is 0 Å². The van der Waals surface area contributed by atoms with Crippen molar-refractivity contribution in [3.63, 3.8) is 0 Å². The van der Waals surface area contributed by atoms with E-state index in [2.05, 4.69) is 0 Å². The van der Waals surface area contributed by atoms with Crippen LogP contribution >= 0.6 is 0 Å². The smallest absolute Gasteiger partial charge is 0.0651 e. The summed E-state index contributed by atoms with van der Waals surface area (Å²) < 4.78 is 337. The molecular formula is C49H37N. The fraction of sp³-hybridized carbons (Fsp3) is 0.0612. The van der Waals surface area contributed by atoms with Crippen LogP contribution in [0.15, 0.2) is 187 Å². The number of anilines is 3. The van der Waals surface area contributed by atoms with Crippen LogP contribution in [0.5, 0.6) is 0 Å². The molecule has 1 aliphatic carbocycles. The lowest BCUT2D eigenvalue weighted by molar-refractivity contribution is 0.647. The Kier molecular flexibility index (Phi) is 2.46. The van der Waals surface area contributed by atoms with Gasteiger partial charge in [-0.3, -0.25) is 0 Å². The summed E-state index contributed by atoms with van der Waals surface area (Å²) in [7, 11) is 0. The van der Waals surface area contributed by atoms with Crippen molar-refractivity contribution in [1.82, 2.24) is 0 Å². The van der Waals surface area contributed by atoms with Gasteiger partial charge in [0.25, 0.3) is 0 Å². The summed E-state index contributed by atoms with van der Waals surface area (Å²) >= 11 is 0. The minimum atomic E-state index is -4.30. The van der Waals surface area contributed by atoms with Crippen molar-refractivity contribution in [2.75, 3.05) is 4.90 Å². The van der Waals surface area contributed by atoms with Gasteiger partial charge in [0.2, 0.25) is 0 Å². The van der Waals surface area contributed by atoms with E-state index in [9.17, 15) is 27.4 Å². The Morgan fingerprint density at radius 1 is 0.440 bits per heavy atom. The van der Waals surface area contributed by atoms with Crippen LogP contribution in [0.2, 0.25) is 0 Å². The minimum Gasteiger partial charge on any atom is -0.310 e. The number of hydrogen-bond donors (Lipinski definition) is 0. The van der Waals surface area contributed by atoms with Crippen molar-refractivity contribution in [3.8, 4) is 44.5 Å². The van der Waals surface area contributed by atoms with Crippen molar-refractivity contribution in [2.24, 2.45) is 0 Å². The Hall–Kier alpha value is -6.18. The molecule has 0 heterocycles. The standard InChI is InChI=1S/C49H37N/c1-49(2)45-26-13-19-37-29-32-42(36-17-8-4-9-18-36)47(46(37)45)44-25-14-24-43(48(44)49)38-20-12-23-41(33-38)50(39-21-10-5-11-22-39)40-30-27-35(28-31-40)34-15-6-3-7-16-34/h3-33H,1-2H3/i1D3,2D3,3D,4D,5D,6D,7D,8D,9D,10D,11D,12D,13D,14D,15D,16D,17D,18D,19D,20D,21D,22D,23D,24D,25D,26D,27D,28D,29D,30D,31D,32D,33D. The molecule has 1 heteroatoms. The average molecular weight is 677 g/mol. The van der Waals surface area contributed by atoms with Gasteiger partial charge in [-0.2, -0.15) is 0 Å². The van der Waals surface area contributed by atoms with Gasteiger partial charge < -0.3 is 4.90 Å². The number of rotatable bonds is 6. The zero-order valence-electron chi connectivity index (χ0n) is 61.9. The van der Waals surface area contributed by atoms with Gasteiger partial charge in [0.15, 0.2) is 0 Å². The van der Waals surface area contributed by atoms with Crippen LogP contribution < -0.4 is 4.90 Å². The van der Waals surface area contributed by atoms with E-state index in [1.165, 1.54) is 0 Å². The van der Waals surface area contributed by atoms with Crippen molar-refractivity contribution < 1.29 is 50.7 Å². The molecule has 1 nitrogen and oxygen atoms in total. The number of nitrogens with zero attached hydrogens (tertiary/aromatic N) is 1. The maximum absolute atomic E-state index is 10.2. The zero-order chi connectivity index (χ0) is 65.6. The van der Waals surface area contributed by atoms with Crippen LogP contribution in [0.1, 0.15) is 75.5 Å². The van der Waals surface area contributed by atoms with Gasteiger partial charge in [-0.15, -0.1) is 0 Å². The SMILES string of the molecule is [2H]c1c([2H])c([2H])c(-c2c([2H])c([2H])c(N(c3c([2H])c([2H])c([2H])c([2H])c3[2H])c3c([2H])c([2H])c([2H])c(-c4c([2H])c([2H])c([2H])c5c4C(C([2H])([2H])[2H])(C([2H])([2H])[2H])c4c([2H])c([2H])c([2H])c6c([2H])c([2H])c(-c7c([2H])c([2H])c([2H])c([2H])c7[2H])c-5c46)c3[2H])c([2H])c2[2H])c([2H])c1[2H]. The summed E-state index contributed by atoms with van der Waals surface area (Å²) in [6.07, 6.45) is 0. The van der Waals surface area contributed by atoms with Gasteiger partial charge in [0.1, 0.15) is 0 Å². The van der Waals surface area contributed by atoms with Gasteiger partial charge >= 0.3 is 0 Å². The monoisotopic (exact) mass is 677 g/mol. The van der Waals surface area contributed by atoms with Crippen LogP contribution in [-0.4, -0.2) is 0 Å². The fourth-order valence-corrected chi connectivity index (χ4v) is 5.62. The molecule has 0 amide bonds. The first-order valence-electron chi connectivity index (χ1n) is 32.9. The summed E-state index contributed by atoms with van der Waals surface area (Å²) in [6, 6.07) is -38.8. The van der Waals surface area contributed by atoms with Crippen LogP contribution in [-0.2, 0) is 5.41 Å². The lowest BCUT2D eigenvalue weighted by Gasteiger charge is -2.38. The third-order valence-corrected chi connectivity index (χ3v) is 7.69. The zero-order valence-corrected chi connectivity index (χ0v) is 24.9. The third kappa shape index (κ3) is 4.94. The van der Waals surface area contributed by atoms with E-state index in [0.717, 1.165) is 0 Å². The first-order valence-corrected chi connectivity index (χ1v) is 14.4. The molecule has 8 aromatic carbocycles. The third-order valence-electron chi connectivity index (χ3n) is 7.69. The molecule has 0 fully saturated rings. The molecule has 0 saturated heterocycles. The molecule has 0 N–H and O–H groups in total. The summed E-state index contributed by atoms with van der Waals surface area (Å²) in [6.45, 7) is -8.61. The summed E-state index contributed by atoms with van der Waals surface area (Å²) in [5.74, 6) is 0. The Morgan fingerprint density at radius 3 is 1.76 bits per heavy atom. The highest BCUT2D eigenvalue weighted by Crippen LogP contribution is 2.54. The molecule has 238 valence electrons. The molecule has 0 atom stereocenters. The van der Waals surface area contributed by atoms with E-state index in [-0.39, 0.29) is 4.90 Å². The lowest BCUT2D eigenvalue weighted by Crippen LogP contribution is -2.25. The van der Waals surface area contributed by atoms with Crippen LogP contribution in [0.25, 0.3) is 55.3 Å². The van der Waals surface area contributed by atoms with E-state index in [4.69, 9.17) is 23.3 Å². The minimum absolute atomic E-state index is 0.147. The molecular weight excluding hydrogens is 603 g/mol. The molecule has 0 aliphatic heterocycles. The maximum Gasteiger partial charge on any atom is 0.0651 e. The van der Waals surface area contributed by atoms with Gasteiger partial charge in [0.05, 0.1) is 42.5 Å². The first kappa shape index (κ1) is 10.2. The average Bonchev–Trinajstić information content (AvgIpc) is 0.658. The van der Waals surface area contributed by atoms with Crippen molar-refractivity contribution >= 4 is 27.8 Å². The summed E-state index contributed by atoms with van der Waals surface area (Å²) in [4.78, 5) is 0.147. The van der Waals surface area contributed by atoms with Crippen LogP contribution in [0.4, 0.5) is 17.1 Å². The molecule has 0 aromatic heterocycles. The second kappa shape index (κ2) is 12.1. The van der Waals surface area contributed by atoms with Crippen molar-refractivity contribution in [3.05, 3.63) is 198 Å². The highest BCUT2D eigenvalue weighted by molar-refractivity contribution is 6.10. The second-order valence-electron chi connectivity index (χ2n) is 10.5. The van der Waals surface area contributed by atoms with Crippen LogP contribution in [0, 0.1) is 0 Å². The topological polar surface area (TPSA) is 3.24 Å². The molecule has 9 rings (SSSR count). The Labute approximate surface area is 346 Å². The van der Waals surface area contributed by atoms with Gasteiger partial charge in [-0.05, 0) is 103 Å². The number of fused-ring (bicyclic) bond motifs is 2. The number of para-hydroxylation sites is 1. The van der Waals surface area contributed by atoms with Crippen molar-refractivity contribution in [2.45, 2.75) is 19.1 Å². The largest absolute Gasteiger partial charge is 0.310 e. The van der Waals surface area contributed by atoms with Crippen molar-refractivity contribution in [1.29, 1.82) is 0 Å². The lowest BCUT2D eigenvalue weighted by atomic mass is 9.65. The molecule has 0 radical (unpaired) electrons. The normalized spacial score (nSPS) is 23.7. The van der Waals surface area contributed by atoms with E-state index in [1.54, 1.807) is 0 Å². The predicted octanol–water partition coefficient (Wildman–Crippen LogP) is 13.6. The van der Waals surface area contributed by atoms with Gasteiger partial charge in [0, 0.05) is 30.7 Å². The highest BCUT2D eigenvalue weighted by atomic mass is 15.1. The molecule has 1 aliphatic rings. The van der Waals surface area contributed by atoms with E-state index in [0.29, 0.717) is 0 Å². The Morgan fingerprint density at radius 2 is 1.02 bits per heavy atom. The molecule has 50 heavy (non-hydrogen) atoms. The Balaban J connectivity index is 1.61. The second-order valence-corrected chi connectivity index (χ2v) is 10.5. The fourth-order valence-electron chi connectivity index (χ4n) is 5.62. The quantitative estimate of drug-likeness (QED) is 0.169. The molecule has 0 unspecified atom stereocenters.